The topological polar surface area (TPSA) is 97.6 Å². The van der Waals surface area contributed by atoms with Crippen molar-refractivity contribution in [2.75, 3.05) is 0 Å². The molecule has 0 spiro atoms. The lowest BCUT2D eigenvalue weighted by Crippen LogP contribution is -2.33. The summed E-state index contributed by atoms with van der Waals surface area (Å²) < 4.78 is 11.3. The summed E-state index contributed by atoms with van der Waals surface area (Å²) in [6.07, 6.45) is 5.43. The van der Waals surface area contributed by atoms with Gasteiger partial charge in [0.25, 0.3) is 11.1 Å². The van der Waals surface area contributed by atoms with Crippen molar-refractivity contribution in [3.8, 4) is 11.5 Å². The van der Waals surface area contributed by atoms with Crippen LogP contribution in [0.1, 0.15) is 30.7 Å². The molecule has 166 valence electrons. The van der Waals surface area contributed by atoms with Crippen molar-refractivity contribution < 1.29 is 13.6 Å². The molecule has 0 aliphatic carbocycles. The Morgan fingerprint density at radius 1 is 1.15 bits per heavy atom. The molecule has 4 heterocycles. The van der Waals surface area contributed by atoms with Crippen LogP contribution in [0.2, 0.25) is 5.02 Å². The second-order valence-corrected chi connectivity index (χ2v) is 9.08. The third-order valence-corrected chi connectivity index (χ3v) is 6.30. The van der Waals surface area contributed by atoms with Gasteiger partial charge in [0, 0.05) is 23.8 Å². The number of hydrazone groups is 1. The van der Waals surface area contributed by atoms with Gasteiger partial charge in [0.2, 0.25) is 5.89 Å². The molecular formula is C23H18ClN5O3S. The van der Waals surface area contributed by atoms with Gasteiger partial charge < -0.3 is 8.83 Å². The Balaban J connectivity index is 1.36. The van der Waals surface area contributed by atoms with Gasteiger partial charge >= 0.3 is 0 Å². The smallest absolute Gasteiger partial charge is 0.277 e. The maximum Gasteiger partial charge on any atom is 0.277 e. The Morgan fingerprint density at radius 2 is 2.00 bits per heavy atom. The van der Waals surface area contributed by atoms with E-state index >= 15 is 0 Å². The zero-order chi connectivity index (χ0) is 22.8. The highest BCUT2D eigenvalue weighted by Gasteiger charge is 2.37. The van der Waals surface area contributed by atoms with Crippen molar-refractivity contribution in [2.45, 2.75) is 29.9 Å². The highest BCUT2D eigenvalue weighted by atomic mass is 35.5. The highest BCUT2D eigenvalue weighted by Crippen LogP contribution is 2.36. The molecule has 1 amide bonds. The fraction of sp³-hybridized carbons (Fsp3) is 0.174. The summed E-state index contributed by atoms with van der Waals surface area (Å²) in [7, 11) is 0. The van der Waals surface area contributed by atoms with Crippen molar-refractivity contribution in [3.05, 3.63) is 83.5 Å². The molecule has 1 aromatic carbocycles. The van der Waals surface area contributed by atoms with Gasteiger partial charge in [0.15, 0.2) is 0 Å². The quantitative estimate of drug-likeness (QED) is 0.349. The van der Waals surface area contributed by atoms with Gasteiger partial charge in [-0.3, -0.25) is 9.78 Å². The molecule has 1 aliphatic rings. The molecule has 4 aromatic rings. The number of nitrogens with zero attached hydrogens (tertiary/aromatic N) is 5. The lowest BCUT2D eigenvalue weighted by molar-refractivity contribution is -0.132. The summed E-state index contributed by atoms with van der Waals surface area (Å²) in [6.45, 7) is 1.79. The first-order valence-corrected chi connectivity index (χ1v) is 11.4. The molecule has 8 nitrogen and oxygen atoms in total. The molecular weight excluding hydrogens is 462 g/mol. The lowest BCUT2D eigenvalue weighted by Gasteiger charge is -2.22. The van der Waals surface area contributed by atoms with Crippen molar-refractivity contribution in [1.82, 2.24) is 20.2 Å². The van der Waals surface area contributed by atoms with Crippen LogP contribution in [-0.4, -0.2) is 37.1 Å². The number of furan rings is 1. The average molecular weight is 480 g/mol. The SMILES string of the molecule is CC(Sc1nnc(-c2cccnc2)o1)C(=O)N1N=C(c2ccc(Cl)cc2)CC1c1ccco1. The Bertz CT molecular complexity index is 1280. The van der Waals surface area contributed by atoms with Crippen LogP contribution in [0, 0.1) is 0 Å². The van der Waals surface area contributed by atoms with Gasteiger partial charge in [-0.1, -0.05) is 35.5 Å². The fourth-order valence-electron chi connectivity index (χ4n) is 3.48. The van der Waals surface area contributed by atoms with Crippen molar-refractivity contribution >= 4 is 35.0 Å². The molecule has 3 aromatic heterocycles. The van der Waals surface area contributed by atoms with E-state index in [0.29, 0.717) is 33.9 Å². The molecule has 33 heavy (non-hydrogen) atoms. The number of amides is 1. The summed E-state index contributed by atoms with van der Waals surface area (Å²) in [5.74, 6) is 0.833. The Morgan fingerprint density at radius 3 is 2.73 bits per heavy atom. The van der Waals surface area contributed by atoms with Crippen LogP contribution >= 0.6 is 23.4 Å². The van der Waals surface area contributed by atoms with Gasteiger partial charge in [0.1, 0.15) is 11.8 Å². The van der Waals surface area contributed by atoms with E-state index in [-0.39, 0.29) is 11.9 Å². The van der Waals surface area contributed by atoms with Gasteiger partial charge in [-0.2, -0.15) is 5.10 Å². The second-order valence-electron chi connectivity index (χ2n) is 7.35. The minimum atomic E-state index is -0.516. The fourth-order valence-corrected chi connectivity index (χ4v) is 4.34. The summed E-state index contributed by atoms with van der Waals surface area (Å²) in [5, 5.41) is 14.7. The maximum absolute atomic E-state index is 13.4. The van der Waals surface area contributed by atoms with E-state index in [0.717, 1.165) is 11.3 Å². The average Bonchev–Trinajstić information content (AvgIpc) is 3.60. The first-order chi connectivity index (χ1) is 16.1. The van der Waals surface area contributed by atoms with Crippen molar-refractivity contribution in [3.63, 3.8) is 0 Å². The van der Waals surface area contributed by atoms with Crippen LogP contribution in [0.5, 0.6) is 0 Å². The number of benzene rings is 1. The third-order valence-electron chi connectivity index (χ3n) is 5.13. The van der Waals surface area contributed by atoms with E-state index in [1.54, 1.807) is 49.8 Å². The minimum Gasteiger partial charge on any atom is -0.467 e. The number of hydrogen-bond acceptors (Lipinski definition) is 8. The monoisotopic (exact) mass is 479 g/mol. The van der Waals surface area contributed by atoms with E-state index in [1.807, 2.05) is 24.3 Å². The minimum absolute atomic E-state index is 0.188. The van der Waals surface area contributed by atoms with Crippen LogP contribution in [0.4, 0.5) is 0 Å². The van der Waals surface area contributed by atoms with Gasteiger partial charge in [0.05, 0.1) is 22.8 Å². The number of halogens is 1. The predicted octanol–water partition coefficient (Wildman–Crippen LogP) is 5.24. The predicted molar refractivity (Wildman–Crippen MR) is 124 cm³/mol. The number of aromatic nitrogens is 3. The van der Waals surface area contributed by atoms with E-state index in [9.17, 15) is 4.79 Å². The highest BCUT2D eigenvalue weighted by molar-refractivity contribution is 8.00. The first kappa shape index (κ1) is 21.4. The number of hydrogen-bond donors (Lipinski definition) is 0. The van der Waals surface area contributed by atoms with Crippen LogP contribution in [0.3, 0.4) is 0 Å². The van der Waals surface area contributed by atoms with E-state index < -0.39 is 5.25 Å². The number of rotatable bonds is 6. The van der Waals surface area contributed by atoms with Gasteiger partial charge in [-0.15, -0.1) is 10.2 Å². The zero-order valence-electron chi connectivity index (χ0n) is 17.5. The Labute approximate surface area is 198 Å². The largest absolute Gasteiger partial charge is 0.467 e. The standard InChI is InChI=1S/C23H18ClN5O3S/c1-14(33-23-27-26-21(32-23)16-4-2-10-25-13-16)22(30)29-19(20-5-3-11-31-20)12-18(28-29)15-6-8-17(24)9-7-15/h2-11,13-14,19H,12H2,1H3. The molecule has 1 aliphatic heterocycles. The molecule has 10 heteroatoms. The summed E-state index contributed by atoms with van der Waals surface area (Å²) in [6, 6.07) is 14.3. The molecule has 5 rings (SSSR count). The van der Waals surface area contributed by atoms with Crippen LogP contribution in [-0.2, 0) is 4.79 Å². The van der Waals surface area contributed by atoms with Gasteiger partial charge in [-0.25, -0.2) is 5.01 Å². The lowest BCUT2D eigenvalue weighted by atomic mass is 10.0. The molecule has 0 saturated carbocycles. The second kappa shape index (κ2) is 9.21. The Kier molecular flexibility index (Phi) is 5.97. The summed E-state index contributed by atoms with van der Waals surface area (Å²) in [4.78, 5) is 17.5. The van der Waals surface area contributed by atoms with Crippen LogP contribution in [0.15, 0.2) is 86.3 Å². The number of carbonyl (C=O) groups is 1. The number of pyridine rings is 1. The molecule has 2 unspecified atom stereocenters. The maximum atomic E-state index is 13.4. The molecule has 2 atom stereocenters. The van der Waals surface area contributed by atoms with Crippen molar-refractivity contribution in [2.24, 2.45) is 5.10 Å². The number of thioether (sulfide) groups is 1. The zero-order valence-corrected chi connectivity index (χ0v) is 19.0. The van der Waals surface area contributed by atoms with Crippen molar-refractivity contribution in [1.29, 1.82) is 0 Å². The normalized spacial score (nSPS) is 16.6. The van der Waals surface area contributed by atoms with E-state index in [2.05, 4.69) is 20.3 Å². The van der Waals surface area contributed by atoms with E-state index in [1.165, 1.54) is 16.8 Å². The molecule has 0 saturated heterocycles. The molecule has 0 N–H and O–H groups in total. The Hall–Kier alpha value is -3.43. The van der Waals surface area contributed by atoms with Crippen LogP contribution in [0.25, 0.3) is 11.5 Å². The summed E-state index contributed by atoms with van der Waals surface area (Å²) in [5.41, 5.74) is 2.41. The summed E-state index contributed by atoms with van der Waals surface area (Å²) >= 11 is 7.20. The third kappa shape index (κ3) is 4.55. The van der Waals surface area contributed by atoms with Crippen LogP contribution < -0.4 is 0 Å². The molecule has 0 fully saturated rings. The van der Waals surface area contributed by atoms with E-state index in [4.69, 9.17) is 20.4 Å². The first-order valence-electron chi connectivity index (χ1n) is 10.2. The van der Waals surface area contributed by atoms with Gasteiger partial charge in [-0.05, 0) is 48.9 Å². The molecule has 0 bridgehead atoms. The number of carbonyl (C=O) groups excluding carboxylic acids is 1. The molecule has 0 radical (unpaired) electrons.